The van der Waals surface area contributed by atoms with Crippen molar-refractivity contribution < 1.29 is 14.0 Å². The zero-order valence-corrected chi connectivity index (χ0v) is 21.8. The smallest absolute Gasteiger partial charge is 0.284 e. The van der Waals surface area contributed by atoms with Crippen molar-refractivity contribution in [3.05, 3.63) is 86.9 Å². The predicted octanol–water partition coefficient (Wildman–Crippen LogP) is 3.75. The van der Waals surface area contributed by atoms with E-state index in [2.05, 4.69) is 25.6 Å². The van der Waals surface area contributed by atoms with E-state index in [-0.39, 0.29) is 28.0 Å². The molecule has 0 spiro atoms. The number of pyridine rings is 1. The Hall–Kier alpha value is -4.49. The summed E-state index contributed by atoms with van der Waals surface area (Å²) in [5.41, 5.74) is 5.66. The van der Waals surface area contributed by atoms with Crippen molar-refractivity contribution in [3.63, 3.8) is 0 Å². The number of aromatic nitrogens is 4. The summed E-state index contributed by atoms with van der Waals surface area (Å²) in [6, 6.07) is 11.7. The fourth-order valence-electron chi connectivity index (χ4n) is 4.46. The fraction of sp³-hybridized carbons (Fsp3) is 0.154. The molecule has 0 unspecified atom stereocenters. The molecule has 0 fully saturated rings. The highest BCUT2D eigenvalue weighted by Gasteiger charge is 2.31. The van der Waals surface area contributed by atoms with Crippen LogP contribution in [0.15, 0.2) is 59.7 Å². The standard InChI is InChI=1S/C26H20FN7O3S2/c27-22-21(13-4-2-1-3-5-13)39-25(33-22)24(36)32-16-12-30-20-7-6-17(34(20)26(16)37)23(35)31-11-15-8-14-10-29-19(28)9-18(14)38-15/h1-5,8-10,12,17H,6-7,11H2,(H2,28,29)(H,31,35)(H,32,36)/t17-/m0/s1. The molecule has 5 heterocycles. The van der Waals surface area contributed by atoms with Crippen LogP contribution in [0.5, 0.6) is 0 Å². The van der Waals surface area contributed by atoms with Gasteiger partial charge >= 0.3 is 0 Å². The zero-order chi connectivity index (χ0) is 27.1. The summed E-state index contributed by atoms with van der Waals surface area (Å²) in [6.45, 7) is 0.280. The Morgan fingerprint density at radius 1 is 1.13 bits per heavy atom. The lowest BCUT2D eigenvalue weighted by Gasteiger charge is -2.15. The van der Waals surface area contributed by atoms with Crippen molar-refractivity contribution in [2.24, 2.45) is 0 Å². The Morgan fingerprint density at radius 3 is 2.77 bits per heavy atom. The first-order chi connectivity index (χ1) is 18.9. The van der Waals surface area contributed by atoms with Crippen LogP contribution in [0.1, 0.15) is 33.0 Å². The van der Waals surface area contributed by atoms with E-state index >= 15 is 0 Å². The molecule has 1 aliphatic heterocycles. The van der Waals surface area contributed by atoms with Gasteiger partial charge in [-0.3, -0.25) is 19.0 Å². The topological polar surface area (TPSA) is 145 Å². The lowest BCUT2D eigenvalue weighted by molar-refractivity contribution is -0.124. The molecule has 1 aliphatic rings. The minimum absolute atomic E-state index is 0.116. The number of nitrogen functional groups attached to an aromatic ring is 1. The molecule has 196 valence electrons. The van der Waals surface area contributed by atoms with E-state index in [1.165, 1.54) is 22.1 Å². The van der Waals surface area contributed by atoms with E-state index in [0.29, 0.717) is 30.0 Å². The number of carbonyl (C=O) groups excluding carboxylic acids is 2. The number of fused-ring (bicyclic) bond motifs is 2. The zero-order valence-electron chi connectivity index (χ0n) is 20.2. The van der Waals surface area contributed by atoms with Crippen molar-refractivity contribution in [2.45, 2.75) is 25.4 Å². The van der Waals surface area contributed by atoms with Gasteiger partial charge in [0.25, 0.3) is 11.5 Å². The third-order valence-electron chi connectivity index (χ3n) is 6.30. The number of thiophene rings is 1. The third kappa shape index (κ3) is 4.77. The quantitative estimate of drug-likeness (QED) is 0.286. The Labute approximate surface area is 228 Å². The van der Waals surface area contributed by atoms with Crippen LogP contribution in [0, 0.1) is 5.95 Å². The first-order valence-corrected chi connectivity index (χ1v) is 13.6. The maximum atomic E-state index is 14.5. The van der Waals surface area contributed by atoms with Gasteiger partial charge in [-0.2, -0.15) is 4.39 Å². The van der Waals surface area contributed by atoms with Crippen LogP contribution in [0.25, 0.3) is 20.5 Å². The minimum atomic E-state index is -0.773. The number of carbonyl (C=O) groups is 2. The molecule has 0 radical (unpaired) electrons. The molecule has 4 aromatic heterocycles. The summed E-state index contributed by atoms with van der Waals surface area (Å²) in [6.07, 6.45) is 3.78. The molecule has 1 aromatic carbocycles. The average Bonchev–Trinajstić information content (AvgIpc) is 3.65. The lowest BCUT2D eigenvalue weighted by Crippen LogP contribution is -2.36. The molecule has 10 nitrogen and oxygen atoms in total. The van der Waals surface area contributed by atoms with E-state index in [0.717, 1.165) is 26.3 Å². The van der Waals surface area contributed by atoms with Crippen LogP contribution in [-0.4, -0.2) is 31.3 Å². The lowest BCUT2D eigenvalue weighted by atomic mass is 10.2. The van der Waals surface area contributed by atoms with E-state index in [9.17, 15) is 18.8 Å². The molecule has 39 heavy (non-hydrogen) atoms. The van der Waals surface area contributed by atoms with Gasteiger partial charge in [0.1, 0.15) is 23.4 Å². The number of amides is 2. The maximum absolute atomic E-state index is 14.5. The molecule has 0 aliphatic carbocycles. The normalized spacial score (nSPS) is 14.3. The number of thiazole rings is 1. The van der Waals surface area contributed by atoms with Crippen molar-refractivity contribution in [1.29, 1.82) is 0 Å². The number of anilines is 2. The first-order valence-electron chi connectivity index (χ1n) is 11.9. The molecule has 6 rings (SSSR count). The second kappa shape index (κ2) is 10.0. The van der Waals surface area contributed by atoms with Crippen LogP contribution >= 0.6 is 22.7 Å². The Kier molecular flexibility index (Phi) is 6.37. The van der Waals surface area contributed by atoms with Crippen LogP contribution in [0.3, 0.4) is 0 Å². The number of nitrogens with two attached hydrogens (primary N) is 1. The second-order valence-corrected chi connectivity index (χ2v) is 11.0. The number of aryl methyl sites for hydroxylation is 1. The summed E-state index contributed by atoms with van der Waals surface area (Å²) in [7, 11) is 0. The molecule has 4 N–H and O–H groups in total. The second-order valence-electron chi connectivity index (χ2n) is 8.85. The third-order valence-corrected chi connectivity index (χ3v) is 8.48. The highest BCUT2D eigenvalue weighted by Crippen LogP contribution is 2.30. The van der Waals surface area contributed by atoms with Crippen molar-refractivity contribution >= 4 is 56.1 Å². The molecule has 0 bridgehead atoms. The maximum Gasteiger partial charge on any atom is 0.284 e. The van der Waals surface area contributed by atoms with Gasteiger partial charge in [0.2, 0.25) is 11.9 Å². The molecule has 13 heteroatoms. The number of halogens is 1. The summed E-state index contributed by atoms with van der Waals surface area (Å²) < 4.78 is 16.7. The number of nitrogens with zero attached hydrogens (tertiary/aromatic N) is 4. The number of hydrogen-bond donors (Lipinski definition) is 3. The van der Waals surface area contributed by atoms with Crippen LogP contribution < -0.4 is 21.9 Å². The highest BCUT2D eigenvalue weighted by atomic mass is 32.1. The summed E-state index contributed by atoms with van der Waals surface area (Å²) in [5, 5.41) is 6.17. The van der Waals surface area contributed by atoms with Crippen LogP contribution in [-0.2, 0) is 17.8 Å². The van der Waals surface area contributed by atoms with Crippen LogP contribution in [0.2, 0.25) is 0 Å². The van der Waals surface area contributed by atoms with E-state index in [1.807, 2.05) is 6.07 Å². The number of nitrogens with one attached hydrogen (secondary N) is 2. The first kappa shape index (κ1) is 24.8. The van der Waals surface area contributed by atoms with Gasteiger partial charge in [-0.15, -0.1) is 22.7 Å². The molecule has 0 saturated heterocycles. The molecule has 5 aromatic rings. The predicted molar refractivity (Wildman–Crippen MR) is 147 cm³/mol. The Balaban J connectivity index is 1.18. The van der Waals surface area contributed by atoms with Gasteiger partial charge < -0.3 is 16.4 Å². The summed E-state index contributed by atoms with van der Waals surface area (Å²) in [5.74, 6) is -0.956. The molecular weight excluding hydrogens is 541 g/mol. The molecule has 1 atom stereocenters. The van der Waals surface area contributed by atoms with Gasteiger partial charge in [0.05, 0.1) is 17.6 Å². The molecule has 0 saturated carbocycles. The van der Waals surface area contributed by atoms with Gasteiger partial charge in [0, 0.05) is 27.6 Å². The largest absolute Gasteiger partial charge is 0.384 e. The van der Waals surface area contributed by atoms with Gasteiger partial charge in [0.15, 0.2) is 5.01 Å². The summed E-state index contributed by atoms with van der Waals surface area (Å²) >= 11 is 2.38. The fourth-order valence-corrected chi connectivity index (χ4v) is 6.33. The molecule has 2 amide bonds. The highest BCUT2D eigenvalue weighted by molar-refractivity contribution is 7.19. The Bertz CT molecular complexity index is 1800. The van der Waals surface area contributed by atoms with Crippen molar-refractivity contribution in [3.8, 4) is 10.4 Å². The number of hydrogen-bond acceptors (Lipinski definition) is 9. The van der Waals surface area contributed by atoms with E-state index in [4.69, 9.17) is 5.73 Å². The molecular formula is C26H20FN7O3S2. The number of benzene rings is 1. The van der Waals surface area contributed by atoms with Crippen LogP contribution in [0.4, 0.5) is 15.9 Å². The summed E-state index contributed by atoms with van der Waals surface area (Å²) in [4.78, 5) is 52.4. The van der Waals surface area contributed by atoms with E-state index in [1.54, 1.807) is 42.6 Å². The van der Waals surface area contributed by atoms with Gasteiger partial charge in [-0.05, 0) is 24.1 Å². The van der Waals surface area contributed by atoms with Gasteiger partial charge in [-0.1, -0.05) is 30.3 Å². The Morgan fingerprint density at radius 2 is 1.95 bits per heavy atom. The number of rotatable bonds is 6. The minimum Gasteiger partial charge on any atom is -0.384 e. The van der Waals surface area contributed by atoms with Crippen molar-refractivity contribution in [2.75, 3.05) is 11.1 Å². The SMILES string of the molecule is Nc1cc2sc(CNC(=O)[C@@H]3CCc4ncc(NC(=O)c5nc(F)c(-c6ccccc6)s5)c(=O)n43)cc2cn1. The van der Waals surface area contributed by atoms with Crippen molar-refractivity contribution in [1.82, 2.24) is 24.8 Å². The van der Waals surface area contributed by atoms with Gasteiger partial charge in [-0.25, -0.2) is 15.0 Å². The monoisotopic (exact) mass is 561 g/mol. The van der Waals surface area contributed by atoms with E-state index < -0.39 is 23.5 Å². The average molecular weight is 562 g/mol.